The van der Waals surface area contributed by atoms with Gasteiger partial charge in [0, 0.05) is 24.7 Å². The lowest BCUT2D eigenvalue weighted by Crippen LogP contribution is -2.01. The van der Waals surface area contributed by atoms with Crippen molar-refractivity contribution in [3.63, 3.8) is 0 Å². The van der Waals surface area contributed by atoms with Crippen LogP contribution < -0.4 is 10.1 Å². The summed E-state index contributed by atoms with van der Waals surface area (Å²) in [5.74, 6) is 0.272. The SMILES string of the molecule is O=[N+]([O-])c1cc(F)cc(NCc2ccc3c(c2)CCO3)c1. The molecular weight excluding hydrogens is 275 g/mol. The maximum atomic E-state index is 13.3. The summed E-state index contributed by atoms with van der Waals surface area (Å²) in [6.45, 7) is 1.16. The number of ether oxygens (including phenoxy) is 1. The van der Waals surface area contributed by atoms with Gasteiger partial charge in [0.25, 0.3) is 5.69 Å². The van der Waals surface area contributed by atoms with Gasteiger partial charge in [-0.15, -0.1) is 0 Å². The zero-order chi connectivity index (χ0) is 14.8. The number of nitrogens with zero attached hydrogens (tertiary/aromatic N) is 1. The van der Waals surface area contributed by atoms with Crippen LogP contribution in [-0.4, -0.2) is 11.5 Å². The first-order valence-corrected chi connectivity index (χ1v) is 6.55. The molecule has 1 heterocycles. The standard InChI is InChI=1S/C15H13FN2O3/c16-12-6-13(8-14(7-12)18(19)20)17-9-10-1-2-15-11(5-10)3-4-21-15/h1-2,5-8,17H,3-4,9H2. The average Bonchev–Trinajstić information content (AvgIpc) is 2.92. The fourth-order valence-electron chi connectivity index (χ4n) is 2.34. The minimum absolute atomic E-state index is 0.264. The summed E-state index contributed by atoms with van der Waals surface area (Å²) in [6.07, 6.45) is 0.884. The first kappa shape index (κ1) is 13.4. The highest BCUT2D eigenvalue weighted by molar-refractivity contribution is 5.52. The van der Waals surface area contributed by atoms with E-state index in [0.717, 1.165) is 29.4 Å². The molecule has 21 heavy (non-hydrogen) atoms. The van der Waals surface area contributed by atoms with Gasteiger partial charge in [0.05, 0.1) is 17.6 Å². The van der Waals surface area contributed by atoms with Crippen LogP contribution in [0.15, 0.2) is 36.4 Å². The van der Waals surface area contributed by atoms with Gasteiger partial charge in [0.1, 0.15) is 11.6 Å². The molecule has 3 rings (SSSR count). The molecule has 2 aromatic rings. The highest BCUT2D eigenvalue weighted by Crippen LogP contribution is 2.26. The van der Waals surface area contributed by atoms with Crippen molar-refractivity contribution in [2.45, 2.75) is 13.0 Å². The van der Waals surface area contributed by atoms with Gasteiger partial charge in [-0.1, -0.05) is 12.1 Å². The Balaban J connectivity index is 1.74. The predicted molar refractivity (Wildman–Crippen MR) is 76.0 cm³/mol. The van der Waals surface area contributed by atoms with E-state index in [1.165, 1.54) is 12.1 Å². The van der Waals surface area contributed by atoms with Crippen LogP contribution >= 0.6 is 0 Å². The third kappa shape index (κ3) is 2.94. The minimum Gasteiger partial charge on any atom is -0.493 e. The largest absolute Gasteiger partial charge is 0.493 e. The molecule has 5 nitrogen and oxygen atoms in total. The molecule has 1 N–H and O–H groups in total. The van der Waals surface area contributed by atoms with Crippen LogP contribution in [0.2, 0.25) is 0 Å². The van der Waals surface area contributed by atoms with Gasteiger partial charge < -0.3 is 10.1 Å². The molecule has 1 aliphatic heterocycles. The van der Waals surface area contributed by atoms with Crippen LogP contribution in [0.1, 0.15) is 11.1 Å². The topological polar surface area (TPSA) is 64.4 Å². The van der Waals surface area contributed by atoms with Crippen molar-refractivity contribution >= 4 is 11.4 Å². The number of halogens is 1. The number of benzene rings is 2. The Morgan fingerprint density at radius 1 is 1.29 bits per heavy atom. The Kier molecular flexibility index (Phi) is 3.43. The van der Waals surface area contributed by atoms with Crippen molar-refractivity contribution in [3.8, 4) is 5.75 Å². The summed E-state index contributed by atoms with van der Waals surface area (Å²) in [5.41, 5.74) is 2.30. The second-order valence-corrected chi connectivity index (χ2v) is 4.85. The molecule has 0 saturated carbocycles. The molecule has 6 heteroatoms. The third-order valence-corrected chi connectivity index (χ3v) is 3.34. The molecule has 0 fully saturated rings. The Hall–Kier alpha value is -2.63. The first-order chi connectivity index (χ1) is 10.1. The summed E-state index contributed by atoms with van der Waals surface area (Å²) in [6, 6.07) is 9.32. The van der Waals surface area contributed by atoms with Crippen LogP contribution in [0.4, 0.5) is 15.8 Å². The van der Waals surface area contributed by atoms with Crippen molar-refractivity contribution in [1.82, 2.24) is 0 Å². The number of fused-ring (bicyclic) bond motifs is 1. The average molecular weight is 288 g/mol. The molecule has 0 amide bonds. The van der Waals surface area contributed by atoms with Crippen LogP contribution in [-0.2, 0) is 13.0 Å². The van der Waals surface area contributed by atoms with Gasteiger partial charge in [0.15, 0.2) is 0 Å². The lowest BCUT2D eigenvalue weighted by atomic mass is 10.1. The molecule has 0 aromatic heterocycles. The van der Waals surface area contributed by atoms with E-state index in [9.17, 15) is 14.5 Å². The van der Waals surface area contributed by atoms with E-state index in [2.05, 4.69) is 5.32 Å². The van der Waals surface area contributed by atoms with E-state index in [0.29, 0.717) is 18.8 Å². The first-order valence-electron chi connectivity index (χ1n) is 6.55. The summed E-state index contributed by atoms with van der Waals surface area (Å²) in [7, 11) is 0. The Labute approximate surface area is 120 Å². The lowest BCUT2D eigenvalue weighted by molar-refractivity contribution is -0.385. The van der Waals surface area contributed by atoms with E-state index >= 15 is 0 Å². The molecule has 1 aliphatic rings. The van der Waals surface area contributed by atoms with E-state index in [1.54, 1.807) is 0 Å². The quantitative estimate of drug-likeness (QED) is 0.692. The number of nitrogens with one attached hydrogen (secondary N) is 1. The number of hydrogen-bond acceptors (Lipinski definition) is 4. The van der Waals surface area contributed by atoms with Gasteiger partial charge in [-0.05, 0) is 23.3 Å². The van der Waals surface area contributed by atoms with Crippen molar-refractivity contribution in [1.29, 1.82) is 0 Å². The zero-order valence-corrected chi connectivity index (χ0v) is 11.1. The van der Waals surface area contributed by atoms with Crippen molar-refractivity contribution in [2.75, 3.05) is 11.9 Å². The maximum Gasteiger partial charge on any atom is 0.274 e. The smallest absolute Gasteiger partial charge is 0.274 e. The second kappa shape index (κ2) is 5.40. The van der Waals surface area contributed by atoms with Gasteiger partial charge in [-0.25, -0.2) is 4.39 Å². The van der Waals surface area contributed by atoms with E-state index in [1.807, 2.05) is 18.2 Å². The minimum atomic E-state index is -0.631. The third-order valence-electron chi connectivity index (χ3n) is 3.34. The summed E-state index contributed by atoms with van der Waals surface area (Å²) in [5, 5.41) is 13.7. The molecule has 2 aromatic carbocycles. The zero-order valence-electron chi connectivity index (χ0n) is 11.1. The lowest BCUT2D eigenvalue weighted by Gasteiger charge is -2.08. The van der Waals surface area contributed by atoms with Gasteiger partial charge in [-0.3, -0.25) is 10.1 Å². The van der Waals surface area contributed by atoms with E-state index < -0.39 is 10.7 Å². The highest BCUT2D eigenvalue weighted by Gasteiger charge is 2.13. The molecule has 0 radical (unpaired) electrons. The Morgan fingerprint density at radius 2 is 2.14 bits per heavy atom. The van der Waals surface area contributed by atoms with Crippen LogP contribution in [0.3, 0.4) is 0 Å². The monoisotopic (exact) mass is 288 g/mol. The van der Waals surface area contributed by atoms with E-state index in [4.69, 9.17) is 4.74 Å². The number of nitro benzene ring substituents is 1. The fraction of sp³-hybridized carbons (Fsp3) is 0.200. The summed E-state index contributed by atoms with van der Waals surface area (Å²) >= 11 is 0. The molecular formula is C15H13FN2O3. The number of non-ortho nitro benzene ring substituents is 1. The van der Waals surface area contributed by atoms with Crippen LogP contribution in [0.5, 0.6) is 5.75 Å². The molecule has 0 atom stereocenters. The summed E-state index contributed by atoms with van der Waals surface area (Å²) in [4.78, 5) is 10.1. The van der Waals surface area contributed by atoms with Crippen LogP contribution in [0.25, 0.3) is 0 Å². The second-order valence-electron chi connectivity index (χ2n) is 4.85. The predicted octanol–water partition coefficient (Wildman–Crippen LogP) is 3.28. The molecule has 0 saturated heterocycles. The van der Waals surface area contributed by atoms with E-state index in [-0.39, 0.29) is 5.69 Å². The number of hydrogen-bond donors (Lipinski definition) is 1. The number of anilines is 1. The Morgan fingerprint density at radius 3 is 2.95 bits per heavy atom. The molecule has 0 unspecified atom stereocenters. The number of nitro groups is 1. The molecule has 108 valence electrons. The fourth-order valence-corrected chi connectivity index (χ4v) is 2.34. The van der Waals surface area contributed by atoms with Gasteiger partial charge in [0.2, 0.25) is 0 Å². The molecule has 0 aliphatic carbocycles. The summed E-state index contributed by atoms with van der Waals surface area (Å²) < 4.78 is 18.8. The van der Waals surface area contributed by atoms with Crippen molar-refractivity contribution in [2.24, 2.45) is 0 Å². The van der Waals surface area contributed by atoms with Crippen LogP contribution in [0, 0.1) is 15.9 Å². The highest BCUT2D eigenvalue weighted by atomic mass is 19.1. The molecule has 0 bridgehead atoms. The van der Waals surface area contributed by atoms with Crippen molar-refractivity contribution < 1.29 is 14.1 Å². The number of rotatable bonds is 4. The maximum absolute atomic E-state index is 13.3. The van der Waals surface area contributed by atoms with Gasteiger partial charge >= 0.3 is 0 Å². The normalized spacial score (nSPS) is 12.6. The van der Waals surface area contributed by atoms with Crippen molar-refractivity contribution in [3.05, 3.63) is 63.5 Å². The van der Waals surface area contributed by atoms with Gasteiger partial charge in [-0.2, -0.15) is 0 Å². The Bertz CT molecular complexity index is 703. The molecule has 0 spiro atoms.